The van der Waals surface area contributed by atoms with Gasteiger partial charge >= 0.3 is 13.6 Å². The molecule has 1 aliphatic rings. The van der Waals surface area contributed by atoms with E-state index in [0.717, 1.165) is 5.56 Å². The van der Waals surface area contributed by atoms with Crippen LogP contribution in [0.3, 0.4) is 0 Å². The zero-order valence-electron chi connectivity index (χ0n) is 13.1. The quantitative estimate of drug-likeness (QED) is 0.482. The van der Waals surface area contributed by atoms with Crippen LogP contribution < -0.4 is 0 Å². The molecule has 0 aliphatic carbocycles. The number of ether oxygens (including phenoxy) is 1. The van der Waals surface area contributed by atoms with E-state index in [-0.39, 0.29) is 17.2 Å². The van der Waals surface area contributed by atoms with Crippen molar-refractivity contribution in [3.63, 3.8) is 0 Å². The van der Waals surface area contributed by atoms with Crippen LogP contribution in [0, 0.1) is 5.41 Å². The molecule has 0 spiro atoms. The third-order valence-electron chi connectivity index (χ3n) is 3.26. The van der Waals surface area contributed by atoms with E-state index in [1.165, 1.54) is 7.11 Å². The van der Waals surface area contributed by atoms with Crippen molar-refractivity contribution >= 4 is 19.6 Å². The Kier molecular flexibility index (Phi) is 5.22. The number of esters is 1. The molecule has 120 valence electrons. The minimum Gasteiger partial charge on any atom is -0.466 e. The van der Waals surface area contributed by atoms with Crippen LogP contribution in [0.4, 0.5) is 0 Å². The van der Waals surface area contributed by atoms with Gasteiger partial charge in [-0.1, -0.05) is 44.2 Å². The Morgan fingerprint density at radius 1 is 1.27 bits per heavy atom. The van der Waals surface area contributed by atoms with Gasteiger partial charge in [0.1, 0.15) is 0 Å². The summed E-state index contributed by atoms with van der Waals surface area (Å²) in [5.41, 5.74) is 0.922. The molecule has 0 amide bonds. The third-order valence-corrected chi connectivity index (χ3v) is 5.03. The first-order valence-electron chi connectivity index (χ1n) is 7.06. The van der Waals surface area contributed by atoms with E-state index in [1.54, 1.807) is 6.08 Å². The zero-order valence-corrected chi connectivity index (χ0v) is 14.0. The predicted octanol–water partition coefficient (Wildman–Crippen LogP) is 3.51. The smallest absolute Gasteiger partial charge is 0.335 e. The second kappa shape index (κ2) is 6.78. The first-order chi connectivity index (χ1) is 10.3. The van der Waals surface area contributed by atoms with Crippen molar-refractivity contribution in [2.24, 2.45) is 5.41 Å². The number of benzene rings is 1. The average molecular weight is 324 g/mol. The molecular weight excluding hydrogens is 303 g/mol. The Morgan fingerprint density at radius 3 is 2.41 bits per heavy atom. The van der Waals surface area contributed by atoms with Crippen molar-refractivity contribution in [1.29, 1.82) is 0 Å². The minimum absolute atomic E-state index is 0.0926. The summed E-state index contributed by atoms with van der Waals surface area (Å²) in [4.78, 5) is 11.9. The molecule has 0 saturated carbocycles. The lowest BCUT2D eigenvalue weighted by Gasteiger charge is -2.34. The molecule has 1 aromatic rings. The van der Waals surface area contributed by atoms with Gasteiger partial charge < -0.3 is 13.8 Å². The standard InChI is InChI=1S/C16H21O5P/c1-16(2)11-20-22(18,21-12-16)10-14(15(17)19-3)9-13-7-5-4-6-8-13/h4-9H,10-12H2,1-3H3/b14-9+. The van der Waals surface area contributed by atoms with Crippen LogP contribution >= 0.6 is 7.60 Å². The van der Waals surface area contributed by atoms with Crippen molar-refractivity contribution in [3.8, 4) is 0 Å². The lowest BCUT2D eigenvalue weighted by atomic mass is 9.97. The van der Waals surface area contributed by atoms with Gasteiger partial charge in [0.2, 0.25) is 0 Å². The highest BCUT2D eigenvalue weighted by Gasteiger charge is 2.38. The third kappa shape index (κ3) is 4.54. The lowest BCUT2D eigenvalue weighted by Crippen LogP contribution is -2.30. The van der Waals surface area contributed by atoms with Gasteiger partial charge in [0.15, 0.2) is 0 Å². The fourth-order valence-electron chi connectivity index (χ4n) is 1.98. The number of carbonyl (C=O) groups excluding carboxylic acids is 1. The summed E-state index contributed by atoms with van der Waals surface area (Å²) in [6, 6.07) is 9.31. The van der Waals surface area contributed by atoms with E-state index >= 15 is 0 Å². The molecule has 1 heterocycles. The Bertz CT molecular complexity index is 592. The highest BCUT2D eigenvalue weighted by atomic mass is 31.2. The summed E-state index contributed by atoms with van der Waals surface area (Å²) in [5.74, 6) is -0.531. The molecule has 22 heavy (non-hydrogen) atoms. The van der Waals surface area contributed by atoms with E-state index < -0.39 is 13.6 Å². The van der Waals surface area contributed by atoms with Crippen molar-refractivity contribution in [2.45, 2.75) is 13.8 Å². The van der Waals surface area contributed by atoms with E-state index in [2.05, 4.69) is 0 Å². The summed E-state index contributed by atoms with van der Waals surface area (Å²) in [6.07, 6.45) is 1.56. The molecule has 6 heteroatoms. The summed E-state index contributed by atoms with van der Waals surface area (Å²) in [7, 11) is -2.03. The van der Waals surface area contributed by atoms with Crippen LogP contribution in [0.2, 0.25) is 0 Å². The molecule has 0 radical (unpaired) electrons. The van der Waals surface area contributed by atoms with Crippen molar-refractivity contribution < 1.29 is 23.1 Å². The van der Waals surface area contributed by atoms with Gasteiger partial charge in [0.25, 0.3) is 0 Å². The Balaban J connectivity index is 2.19. The van der Waals surface area contributed by atoms with E-state index in [0.29, 0.717) is 13.2 Å². The first-order valence-corrected chi connectivity index (χ1v) is 8.78. The van der Waals surface area contributed by atoms with E-state index in [9.17, 15) is 9.36 Å². The number of hydrogen-bond acceptors (Lipinski definition) is 5. The molecule has 0 bridgehead atoms. The van der Waals surface area contributed by atoms with Crippen LogP contribution in [0.1, 0.15) is 19.4 Å². The fourth-order valence-corrected chi connectivity index (χ4v) is 3.96. The fraction of sp³-hybridized carbons (Fsp3) is 0.438. The number of hydrogen-bond donors (Lipinski definition) is 0. The first kappa shape index (κ1) is 16.9. The molecule has 1 aliphatic heterocycles. The monoisotopic (exact) mass is 324 g/mol. The summed E-state index contributed by atoms with van der Waals surface area (Å²) < 4.78 is 28.3. The van der Waals surface area contributed by atoms with Gasteiger partial charge in [-0.3, -0.25) is 4.57 Å². The summed E-state index contributed by atoms with van der Waals surface area (Å²) >= 11 is 0. The lowest BCUT2D eigenvalue weighted by molar-refractivity contribution is -0.135. The molecular formula is C16H21O5P. The molecule has 1 saturated heterocycles. The van der Waals surface area contributed by atoms with Crippen LogP contribution in [0.25, 0.3) is 6.08 Å². The van der Waals surface area contributed by atoms with Crippen molar-refractivity contribution in [2.75, 3.05) is 26.5 Å². The van der Waals surface area contributed by atoms with Crippen LogP contribution in [0.15, 0.2) is 35.9 Å². The molecule has 2 rings (SSSR count). The second-order valence-corrected chi connectivity index (χ2v) is 8.11. The van der Waals surface area contributed by atoms with E-state index in [1.807, 2.05) is 44.2 Å². The molecule has 0 atom stereocenters. The maximum atomic E-state index is 12.6. The van der Waals surface area contributed by atoms with Gasteiger partial charge in [-0.25, -0.2) is 4.79 Å². The van der Waals surface area contributed by atoms with Crippen LogP contribution in [-0.4, -0.2) is 32.5 Å². The molecule has 1 fully saturated rings. The maximum Gasteiger partial charge on any atom is 0.335 e. The minimum atomic E-state index is -3.32. The largest absolute Gasteiger partial charge is 0.466 e. The predicted molar refractivity (Wildman–Crippen MR) is 84.6 cm³/mol. The van der Waals surface area contributed by atoms with Crippen LogP contribution in [0.5, 0.6) is 0 Å². The maximum absolute atomic E-state index is 12.6. The van der Waals surface area contributed by atoms with Crippen molar-refractivity contribution in [3.05, 3.63) is 41.5 Å². The molecule has 1 aromatic carbocycles. The second-order valence-electron chi connectivity index (χ2n) is 6.05. The van der Waals surface area contributed by atoms with Gasteiger partial charge in [-0.15, -0.1) is 0 Å². The molecule has 0 N–H and O–H groups in total. The topological polar surface area (TPSA) is 61.8 Å². The van der Waals surface area contributed by atoms with E-state index in [4.69, 9.17) is 13.8 Å². The molecule has 5 nitrogen and oxygen atoms in total. The summed E-state index contributed by atoms with van der Waals surface area (Å²) in [5, 5.41) is 0. The zero-order chi connectivity index (χ0) is 16.2. The SMILES string of the molecule is COC(=O)/C(=C/c1ccccc1)CP1(=O)OCC(C)(C)CO1. The molecule has 0 aromatic heterocycles. The highest BCUT2D eigenvalue weighted by molar-refractivity contribution is 7.54. The number of methoxy groups -OCH3 is 1. The van der Waals surface area contributed by atoms with Gasteiger partial charge in [0, 0.05) is 11.0 Å². The van der Waals surface area contributed by atoms with Crippen molar-refractivity contribution in [1.82, 2.24) is 0 Å². The Morgan fingerprint density at radius 2 is 1.86 bits per heavy atom. The van der Waals surface area contributed by atoms with Gasteiger partial charge in [-0.05, 0) is 11.6 Å². The summed E-state index contributed by atoms with van der Waals surface area (Å²) in [6.45, 7) is 4.61. The van der Waals surface area contributed by atoms with Crippen LogP contribution in [-0.2, 0) is 23.1 Å². The molecule has 0 unspecified atom stereocenters. The average Bonchev–Trinajstić information content (AvgIpc) is 2.50. The Hall–Kier alpha value is -1.42. The highest BCUT2D eigenvalue weighted by Crippen LogP contribution is 2.54. The van der Waals surface area contributed by atoms with Gasteiger partial charge in [0.05, 0.1) is 26.5 Å². The number of carbonyl (C=O) groups is 1. The normalized spacial score (nSPS) is 20.4. The van der Waals surface area contributed by atoms with Gasteiger partial charge in [-0.2, -0.15) is 0 Å². The Labute approximate surface area is 130 Å². The number of rotatable bonds is 4.